The quantitative estimate of drug-likeness (QED) is 0.434. The molecule has 1 unspecified atom stereocenters. The van der Waals surface area contributed by atoms with Crippen LogP contribution in [0.4, 0.5) is 5.69 Å². The van der Waals surface area contributed by atoms with Gasteiger partial charge in [0.1, 0.15) is 5.75 Å². The van der Waals surface area contributed by atoms with Crippen molar-refractivity contribution in [3.05, 3.63) is 71.8 Å². The van der Waals surface area contributed by atoms with Crippen LogP contribution in [-0.2, 0) is 15.1 Å². The molecule has 150 valence electrons. The van der Waals surface area contributed by atoms with Gasteiger partial charge in [-0.15, -0.1) is 0 Å². The van der Waals surface area contributed by atoms with Crippen LogP contribution >= 0.6 is 0 Å². The monoisotopic (exact) mass is 381 g/mol. The maximum Gasteiger partial charge on any atom is 0.336 e. The third-order valence-corrected chi connectivity index (χ3v) is 5.02. The van der Waals surface area contributed by atoms with Crippen molar-refractivity contribution in [2.24, 2.45) is 0 Å². The first-order valence-corrected chi connectivity index (χ1v) is 9.74. The second-order valence-electron chi connectivity index (χ2n) is 6.80. The van der Waals surface area contributed by atoms with Gasteiger partial charge in [0.2, 0.25) is 0 Å². The van der Waals surface area contributed by atoms with Crippen molar-refractivity contribution in [1.82, 2.24) is 0 Å². The zero-order valence-electron chi connectivity index (χ0n) is 17.6. The lowest BCUT2D eigenvalue weighted by Gasteiger charge is -2.43. The lowest BCUT2D eigenvalue weighted by molar-refractivity contribution is -0.147. The van der Waals surface area contributed by atoms with Crippen LogP contribution in [0.5, 0.6) is 5.75 Å². The number of hydrogen-bond donors (Lipinski definition) is 0. The predicted molar refractivity (Wildman–Crippen MR) is 115 cm³/mol. The zero-order valence-corrected chi connectivity index (χ0v) is 17.6. The number of carbonyl (C=O) groups excluding carboxylic acids is 1. The Bertz CT molecular complexity index is 783. The van der Waals surface area contributed by atoms with E-state index in [4.69, 9.17) is 9.47 Å². The lowest BCUT2D eigenvalue weighted by Crippen LogP contribution is -2.53. The van der Waals surface area contributed by atoms with Gasteiger partial charge in [-0.3, -0.25) is 0 Å². The van der Waals surface area contributed by atoms with Crippen LogP contribution in [0.3, 0.4) is 0 Å². The molecular weight excluding hydrogens is 350 g/mol. The van der Waals surface area contributed by atoms with E-state index in [-0.39, 0.29) is 5.97 Å². The molecule has 2 aromatic rings. The molecule has 0 aliphatic heterocycles. The smallest absolute Gasteiger partial charge is 0.336 e. The first kappa shape index (κ1) is 21.5. The summed E-state index contributed by atoms with van der Waals surface area (Å²) in [4.78, 5) is 15.5. The average Bonchev–Trinajstić information content (AvgIpc) is 2.74. The Labute approximate surface area is 168 Å². The van der Waals surface area contributed by atoms with E-state index < -0.39 is 5.54 Å². The highest BCUT2D eigenvalue weighted by Gasteiger charge is 2.46. The van der Waals surface area contributed by atoms with Crippen molar-refractivity contribution in [3.8, 4) is 5.75 Å². The maximum atomic E-state index is 13.4. The number of esters is 1. The summed E-state index contributed by atoms with van der Waals surface area (Å²) in [5.74, 6) is 0.519. The summed E-state index contributed by atoms with van der Waals surface area (Å²) in [6, 6.07) is 17.7. The van der Waals surface area contributed by atoms with E-state index in [2.05, 4.69) is 31.7 Å². The number of carbonyl (C=O) groups is 1. The third-order valence-electron chi connectivity index (χ3n) is 5.02. The lowest BCUT2D eigenvalue weighted by atomic mass is 9.81. The number of allylic oxidation sites excluding steroid dienone is 1. The van der Waals surface area contributed by atoms with E-state index in [1.807, 2.05) is 54.6 Å². The molecule has 0 spiro atoms. The maximum absolute atomic E-state index is 13.4. The molecule has 2 aromatic carbocycles. The van der Waals surface area contributed by atoms with Crippen molar-refractivity contribution >= 4 is 11.7 Å². The fourth-order valence-electron chi connectivity index (χ4n) is 3.80. The van der Waals surface area contributed by atoms with Crippen LogP contribution in [0, 0.1) is 0 Å². The van der Waals surface area contributed by atoms with Gasteiger partial charge in [-0.25, -0.2) is 4.79 Å². The number of nitrogens with zero attached hydrogens (tertiary/aromatic N) is 1. The molecule has 0 N–H and O–H groups in total. The summed E-state index contributed by atoms with van der Waals surface area (Å²) in [5.41, 5.74) is 2.07. The van der Waals surface area contributed by atoms with Gasteiger partial charge in [0.15, 0.2) is 5.54 Å². The molecule has 1 atom stereocenters. The molecule has 0 bridgehead atoms. The Morgan fingerprint density at radius 3 is 2.18 bits per heavy atom. The molecule has 4 nitrogen and oxygen atoms in total. The van der Waals surface area contributed by atoms with E-state index in [9.17, 15) is 4.79 Å². The van der Waals surface area contributed by atoms with Gasteiger partial charge in [0, 0.05) is 18.7 Å². The van der Waals surface area contributed by atoms with Crippen molar-refractivity contribution in [2.75, 3.05) is 25.7 Å². The molecule has 0 aliphatic carbocycles. The molecule has 28 heavy (non-hydrogen) atoms. The highest BCUT2D eigenvalue weighted by molar-refractivity contribution is 5.87. The van der Waals surface area contributed by atoms with Crippen LogP contribution in [-0.4, -0.2) is 26.7 Å². The predicted octanol–water partition coefficient (Wildman–Crippen LogP) is 5.34. The molecule has 0 amide bonds. The van der Waals surface area contributed by atoms with Crippen LogP contribution in [0.1, 0.15) is 39.2 Å². The van der Waals surface area contributed by atoms with Crippen LogP contribution in [0.25, 0.3) is 0 Å². The van der Waals surface area contributed by atoms with Crippen LogP contribution < -0.4 is 9.64 Å². The number of anilines is 1. The molecule has 0 radical (unpaired) electrons. The molecule has 0 heterocycles. The Hall–Kier alpha value is -2.75. The number of likely N-dealkylation sites (N-methyl/N-ethyl adjacent to an activating group) is 1. The molecule has 2 rings (SSSR count). The fourth-order valence-corrected chi connectivity index (χ4v) is 3.80. The number of benzene rings is 2. The van der Waals surface area contributed by atoms with E-state index >= 15 is 0 Å². The van der Waals surface area contributed by atoms with Crippen molar-refractivity contribution < 1.29 is 14.3 Å². The van der Waals surface area contributed by atoms with Gasteiger partial charge in [0.05, 0.1) is 14.2 Å². The minimum absolute atomic E-state index is 0.264. The summed E-state index contributed by atoms with van der Waals surface area (Å²) in [6.45, 7) is 6.89. The van der Waals surface area contributed by atoms with E-state index in [0.717, 1.165) is 29.0 Å². The molecule has 0 saturated heterocycles. The third kappa shape index (κ3) is 4.38. The fraction of sp³-hybridized carbons (Fsp3) is 0.375. The largest absolute Gasteiger partial charge is 0.497 e. The summed E-state index contributed by atoms with van der Waals surface area (Å²) < 4.78 is 10.7. The Morgan fingerprint density at radius 1 is 1.04 bits per heavy atom. The normalized spacial score (nSPS) is 13.5. The Balaban J connectivity index is 2.71. The van der Waals surface area contributed by atoms with Crippen LogP contribution in [0.2, 0.25) is 0 Å². The number of methoxy groups -OCH3 is 2. The average molecular weight is 382 g/mol. The topological polar surface area (TPSA) is 38.8 Å². The summed E-state index contributed by atoms with van der Waals surface area (Å²) in [6.07, 6.45) is 3.65. The number of rotatable bonds is 9. The van der Waals surface area contributed by atoms with Crippen molar-refractivity contribution in [2.45, 2.75) is 39.2 Å². The Morgan fingerprint density at radius 2 is 1.68 bits per heavy atom. The first-order valence-electron chi connectivity index (χ1n) is 9.74. The zero-order chi connectivity index (χ0) is 20.6. The van der Waals surface area contributed by atoms with Gasteiger partial charge in [-0.1, -0.05) is 48.9 Å². The van der Waals surface area contributed by atoms with Gasteiger partial charge >= 0.3 is 5.97 Å². The second-order valence-corrected chi connectivity index (χ2v) is 6.80. The van der Waals surface area contributed by atoms with Gasteiger partial charge in [-0.05, 0) is 50.1 Å². The standard InChI is InChI=1S/C24H31NO3/c1-6-11-19(3)18-24(23(26)28-5,20-12-9-8-10-13-20)25(7-2)21-14-16-22(27-4)17-15-21/h8-17H,6-7,18H2,1-5H3/b19-11+. The summed E-state index contributed by atoms with van der Waals surface area (Å²) in [5, 5.41) is 0. The number of hydrogen-bond acceptors (Lipinski definition) is 4. The molecule has 0 fully saturated rings. The molecule has 0 aromatic heterocycles. The van der Waals surface area contributed by atoms with Crippen LogP contribution in [0.15, 0.2) is 66.2 Å². The minimum Gasteiger partial charge on any atom is -0.497 e. The first-order chi connectivity index (χ1) is 13.5. The second kappa shape index (κ2) is 9.98. The molecule has 0 aliphatic rings. The Kier molecular flexibility index (Phi) is 7.68. The van der Waals surface area contributed by atoms with E-state index in [0.29, 0.717) is 13.0 Å². The van der Waals surface area contributed by atoms with Gasteiger partial charge in [0.25, 0.3) is 0 Å². The number of ether oxygens (including phenoxy) is 2. The van der Waals surface area contributed by atoms with Crippen molar-refractivity contribution in [1.29, 1.82) is 0 Å². The molecule has 0 saturated carbocycles. The van der Waals surface area contributed by atoms with Crippen molar-refractivity contribution in [3.63, 3.8) is 0 Å². The summed E-state index contributed by atoms with van der Waals surface area (Å²) in [7, 11) is 3.11. The highest BCUT2D eigenvalue weighted by atomic mass is 16.5. The molecular formula is C24H31NO3. The van der Waals surface area contributed by atoms with E-state index in [1.165, 1.54) is 7.11 Å². The SMILES string of the molecule is CC/C=C(\C)CC(C(=O)OC)(c1ccccc1)N(CC)c1ccc(OC)cc1. The van der Waals surface area contributed by atoms with E-state index in [1.54, 1.807) is 7.11 Å². The summed E-state index contributed by atoms with van der Waals surface area (Å²) >= 11 is 0. The van der Waals surface area contributed by atoms with Gasteiger partial charge < -0.3 is 14.4 Å². The minimum atomic E-state index is -0.949. The highest BCUT2D eigenvalue weighted by Crippen LogP contribution is 2.40. The molecule has 4 heteroatoms. The van der Waals surface area contributed by atoms with Gasteiger partial charge in [-0.2, -0.15) is 0 Å².